The van der Waals surface area contributed by atoms with Crippen molar-refractivity contribution in [3.8, 4) is 17.2 Å². The second-order valence-corrected chi connectivity index (χ2v) is 10.5. The van der Waals surface area contributed by atoms with Gasteiger partial charge in [0.15, 0.2) is 11.5 Å². The number of amides is 1. The monoisotopic (exact) mass is 474 g/mol. The van der Waals surface area contributed by atoms with E-state index in [1.54, 1.807) is 12.1 Å². The second kappa shape index (κ2) is 10.0. The molecule has 1 N–H and O–H groups in total. The Morgan fingerprint density at radius 2 is 1.73 bits per heavy atom. The first kappa shape index (κ1) is 23.4. The molecule has 2 aliphatic rings. The number of nitrogens with one attached hydrogen (secondary N) is 1. The fourth-order valence-corrected chi connectivity index (χ4v) is 5.47. The molecule has 2 heterocycles. The van der Waals surface area contributed by atoms with Gasteiger partial charge in [0.1, 0.15) is 19.0 Å². The maximum atomic E-state index is 13.1. The minimum Gasteiger partial charge on any atom is -0.491 e. The van der Waals surface area contributed by atoms with E-state index in [-0.39, 0.29) is 22.8 Å². The van der Waals surface area contributed by atoms with Gasteiger partial charge in [-0.1, -0.05) is 12.1 Å². The highest BCUT2D eigenvalue weighted by Crippen LogP contribution is 2.34. The van der Waals surface area contributed by atoms with E-state index in [0.717, 1.165) is 11.3 Å². The number of benzene rings is 2. The van der Waals surface area contributed by atoms with Gasteiger partial charge in [0.25, 0.3) is 0 Å². The number of nitrogens with zero attached hydrogens (tertiary/aromatic N) is 1. The van der Waals surface area contributed by atoms with Crippen molar-refractivity contribution in [1.82, 2.24) is 9.62 Å². The Kier molecular flexibility index (Phi) is 7.09. The maximum absolute atomic E-state index is 13.1. The lowest BCUT2D eigenvalue weighted by Crippen LogP contribution is -2.42. The quantitative estimate of drug-likeness (QED) is 0.663. The van der Waals surface area contributed by atoms with Crippen molar-refractivity contribution in [2.75, 3.05) is 26.3 Å². The largest absolute Gasteiger partial charge is 0.491 e. The highest BCUT2D eigenvalue weighted by atomic mass is 32.2. The molecule has 1 fully saturated rings. The fraction of sp³-hybridized carbons (Fsp3) is 0.458. The van der Waals surface area contributed by atoms with Crippen LogP contribution in [0.3, 0.4) is 0 Å². The third-order valence-corrected chi connectivity index (χ3v) is 7.63. The summed E-state index contributed by atoms with van der Waals surface area (Å²) in [5, 5.41) is 2.97. The van der Waals surface area contributed by atoms with E-state index < -0.39 is 10.0 Å². The first-order valence-electron chi connectivity index (χ1n) is 11.3. The molecule has 0 bridgehead atoms. The van der Waals surface area contributed by atoms with Gasteiger partial charge in [0, 0.05) is 31.6 Å². The SMILES string of the molecule is CC(C)Oc1ccc(CNC(=O)C2CCN(S(=O)(=O)c3ccc4c(c3)OCCO4)CC2)cc1. The van der Waals surface area contributed by atoms with E-state index in [2.05, 4.69) is 5.32 Å². The van der Waals surface area contributed by atoms with Crippen molar-refractivity contribution < 1.29 is 27.4 Å². The molecule has 178 valence electrons. The molecule has 1 saturated heterocycles. The van der Waals surface area contributed by atoms with Crippen LogP contribution in [0.15, 0.2) is 47.4 Å². The summed E-state index contributed by atoms with van der Waals surface area (Å²) in [5.41, 5.74) is 0.984. The summed E-state index contributed by atoms with van der Waals surface area (Å²) in [6.45, 7) is 5.82. The Morgan fingerprint density at radius 1 is 1.06 bits per heavy atom. The average molecular weight is 475 g/mol. The van der Waals surface area contributed by atoms with Gasteiger partial charge >= 0.3 is 0 Å². The molecule has 0 atom stereocenters. The summed E-state index contributed by atoms with van der Waals surface area (Å²) >= 11 is 0. The molecule has 0 aliphatic carbocycles. The Bertz CT molecular complexity index is 1080. The van der Waals surface area contributed by atoms with Crippen molar-refractivity contribution in [3.05, 3.63) is 48.0 Å². The zero-order chi connectivity index (χ0) is 23.4. The van der Waals surface area contributed by atoms with Gasteiger partial charge in [0.05, 0.1) is 11.0 Å². The van der Waals surface area contributed by atoms with Crippen molar-refractivity contribution in [2.45, 2.75) is 44.2 Å². The summed E-state index contributed by atoms with van der Waals surface area (Å²) in [5.74, 6) is 1.54. The molecular formula is C24H30N2O6S. The molecule has 0 radical (unpaired) electrons. The van der Waals surface area contributed by atoms with E-state index >= 15 is 0 Å². The number of ether oxygens (including phenoxy) is 3. The summed E-state index contributed by atoms with van der Waals surface area (Å²) in [7, 11) is -3.66. The van der Waals surface area contributed by atoms with Crippen LogP contribution in [0.2, 0.25) is 0 Å². The van der Waals surface area contributed by atoms with Crippen molar-refractivity contribution in [3.63, 3.8) is 0 Å². The van der Waals surface area contributed by atoms with Crippen LogP contribution < -0.4 is 19.5 Å². The van der Waals surface area contributed by atoms with Crippen molar-refractivity contribution >= 4 is 15.9 Å². The van der Waals surface area contributed by atoms with E-state index in [4.69, 9.17) is 14.2 Å². The second-order valence-electron chi connectivity index (χ2n) is 8.51. The van der Waals surface area contributed by atoms with Gasteiger partial charge in [0.2, 0.25) is 15.9 Å². The third kappa shape index (κ3) is 5.59. The predicted molar refractivity (Wildman–Crippen MR) is 123 cm³/mol. The van der Waals surface area contributed by atoms with Gasteiger partial charge in [-0.05, 0) is 56.5 Å². The van der Waals surface area contributed by atoms with Crippen LogP contribution in [0.5, 0.6) is 17.2 Å². The van der Waals surface area contributed by atoms with E-state index in [0.29, 0.717) is 57.2 Å². The molecule has 1 amide bonds. The molecule has 2 aromatic rings. The Labute approximate surface area is 194 Å². The number of sulfonamides is 1. The summed E-state index contributed by atoms with van der Waals surface area (Å²) in [4.78, 5) is 12.8. The first-order chi connectivity index (χ1) is 15.8. The average Bonchev–Trinajstić information content (AvgIpc) is 2.83. The maximum Gasteiger partial charge on any atom is 0.243 e. The molecule has 0 unspecified atom stereocenters. The number of carbonyl (C=O) groups excluding carboxylic acids is 1. The standard InChI is InChI=1S/C24H30N2O6S/c1-17(2)32-20-5-3-18(4-6-20)16-25-24(27)19-9-11-26(12-10-19)33(28,29)21-7-8-22-23(15-21)31-14-13-30-22/h3-8,15,17,19H,9-14,16H2,1-2H3,(H,25,27). The molecule has 0 saturated carbocycles. The first-order valence-corrected chi connectivity index (χ1v) is 12.7. The minimum atomic E-state index is -3.66. The number of rotatable bonds is 7. The normalized spacial score (nSPS) is 17.1. The number of fused-ring (bicyclic) bond motifs is 1. The van der Waals surface area contributed by atoms with Crippen LogP contribution in [0.1, 0.15) is 32.3 Å². The fourth-order valence-electron chi connectivity index (χ4n) is 3.98. The highest BCUT2D eigenvalue weighted by Gasteiger charge is 2.32. The number of carbonyl (C=O) groups is 1. The zero-order valence-electron chi connectivity index (χ0n) is 19.0. The molecule has 8 nitrogen and oxygen atoms in total. The zero-order valence-corrected chi connectivity index (χ0v) is 19.8. The van der Waals surface area contributed by atoms with Crippen LogP contribution in [-0.2, 0) is 21.4 Å². The number of hydrogen-bond acceptors (Lipinski definition) is 6. The van der Waals surface area contributed by atoms with Gasteiger partial charge < -0.3 is 19.5 Å². The Balaban J connectivity index is 1.29. The number of piperidine rings is 1. The molecule has 0 aromatic heterocycles. The molecule has 2 aliphatic heterocycles. The number of hydrogen-bond donors (Lipinski definition) is 1. The van der Waals surface area contributed by atoms with Gasteiger partial charge in [-0.2, -0.15) is 4.31 Å². The predicted octanol–water partition coefficient (Wildman–Crippen LogP) is 2.96. The van der Waals surface area contributed by atoms with Crippen LogP contribution in [0, 0.1) is 5.92 Å². The lowest BCUT2D eigenvalue weighted by molar-refractivity contribution is -0.126. The topological polar surface area (TPSA) is 94.2 Å². The minimum absolute atomic E-state index is 0.0473. The van der Waals surface area contributed by atoms with E-state index in [1.165, 1.54) is 10.4 Å². The summed E-state index contributed by atoms with van der Waals surface area (Å²) in [6, 6.07) is 12.3. The molecular weight excluding hydrogens is 444 g/mol. The third-order valence-electron chi connectivity index (χ3n) is 5.74. The Morgan fingerprint density at radius 3 is 2.39 bits per heavy atom. The van der Waals surface area contributed by atoms with Crippen LogP contribution in [0.25, 0.3) is 0 Å². The molecule has 2 aromatic carbocycles. The van der Waals surface area contributed by atoms with Crippen LogP contribution in [0.4, 0.5) is 0 Å². The summed E-state index contributed by atoms with van der Waals surface area (Å²) in [6.07, 6.45) is 1.08. The van der Waals surface area contributed by atoms with Crippen molar-refractivity contribution in [1.29, 1.82) is 0 Å². The molecule has 33 heavy (non-hydrogen) atoms. The van der Waals surface area contributed by atoms with E-state index in [1.807, 2.05) is 38.1 Å². The molecule has 4 rings (SSSR count). The van der Waals surface area contributed by atoms with Crippen LogP contribution in [-0.4, -0.2) is 51.0 Å². The highest BCUT2D eigenvalue weighted by molar-refractivity contribution is 7.89. The molecule has 0 spiro atoms. The Hall–Kier alpha value is -2.78. The van der Waals surface area contributed by atoms with Gasteiger partial charge in [-0.15, -0.1) is 0 Å². The van der Waals surface area contributed by atoms with E-state index in [9.17, 15) is 13.2 Å². The van der Waals surface area contributed by atoms with Gasteiger partial charge in [-0.25, -0.2) is 8.42 Å². The summed E-state index contributed by atoms with van der Waals surface area (Å²) < 4.78 is 44.2. The van der Waals surface area contributed by atoms with Crippen molar-refractivity contribution in [2.24, 2.45) is 5.92 Å². The lowest BCUT2D eigenvalue weighted by atomic mass is 9.97. The van der Waals surface area contributed by atoms with Crippen LogP contribution >= 0.6 is 0 Å². The molecule has 9 heteroatoms. The lowest BCUT2D eigenvalue weighted by Gasteiger charge is -2.31. The van der Waals surface area contributed by atoms with Gasteiger partial charge in [-0.3, -0.25) is 4.79 Å². The smallest absolute Gasteiger partial charge is 0.243 e.